The minimum absolute atomic E-state index is 0.412. The van der Waals surface area contributed by atoms with Crippen molar-refractivity contribution in [3.05, 3.63) is 11.6 Å². The van der Waals surface area contributed by atoms with Crippen LogP contribution in [0.5, 0.6) is 0 Å². The quantitative estimate of drug-likeness (QED) is 0.373. The number of methoxy groups -OCH3 is 1. The van der Waals surface area contributed by atoms with E-state index < -0.39 is 5.97 Å². The Bertz CT molecular complexity index is 110. The van der Waals surface area contributed by atoms with Gasteiger partial charge in [0.2, 0.25) is 0 Å². The molecule has 2 nitrogen and oxygen atoms in total. The molecule has 0 aromatic heterocycles. The van der Waals surface area contributed by atoms with Crippen molar-refractivity contribution in [2.45, 2.75) is 13.8 Å². The third-order valence-corrected chi connectivity index (χ3v) is 0.537. The lowest BCUT2D eigenvalue weighted by molar-refractivity contribution is -0.135. The van der Waals surface area contributed by atoms with Gasteiger partial charge in [-0.3, -0.25) is 0 Å². The summed E-state index contributed by atoms with van der Waals surface area (Å²) in [4.78, 5) is 10.3. The number of rotatable bonds is 1. The maximum absolute atomic E-state index is 10.3. The standard InChI is InChI=1S/C6H9O2/c1-5(2)4-6(7)8-3/h1-3H3. The molecule has 0 atom stereocenters. The molecule has 8 heavy (non-hydrogen) atoms. The first-order valence-electron chi connectivity index (χ1n) is 2.32. The van der Waals surface area contributed by atoms with Crippen LogP contribution in [0.3, 0.4) is 0 Å². The lowest BCUT2D eigenvalue weighted by Gasteiger charge is -1.87. The van der Waals surface area contributed by atoms with Gasteiger partial charge in [-0.15, -0.1) is 0 Å². The second-order valence-corrected chi connectivity index (χ2v) is 1.62. The molecule has 0 aliphatic heterocycles. The van der Waals surface area contributed by atoms with E-state index in [1.54, 1.807) is 13.8 Å². The molecule has 0 N–H and O–H groups in total. The fraction of sp³-hybridized carbons (Fsp3) is 0.500. The van der Waals surface area contributed by atoms with Crippen molar-refractivity contribution in [2.75, 3.05) is 7.11 Å². The summed E-state index contributed by atoms with van der Waals surface area (Å²) in [6.45, 7) is 3.58. The summed E-state index contributed by atoms with van der Waals surface area (Å²) in [6, 6.07) is 0. The highest BCUT2D eigenvalue weighted by atomic mass is 16.5. The smallest absolute Gasteiger partial charge is 0.338 e. The number of ether oxygens (including phenoxy) is 1. The van der Waals surface area contributed by atoms with Gasteiger partial charge in [0.05, 0.1) is 13.2 Å². The van der Waals surface area contributed by atoms with Crippen molar-refractivity contribution in [2.24, 2.45) is 0 Å². The lowest BCUT2D eigenvalue weighted by Crippen LogP contribution is -1.95. The SMILES string of the molecule is COC(=O)[C]=C(C)C. The van der Waals surface area contributed by atoms with Crippen molar-refractivity contribution < 1.29 is 9.53 Å². The molecule has 0 unspecified atom stereocenters. The van der Waals surface area contributed by atoms with Crippen LogP contribution in [0, 0.1) is 6.08 Å². The molecule has 0 fully saturated rings. The zero-order valence-corrected chi connectivity index (χ0v) is 5.32. The molecule has 2 heteroatoms. The van der Waals surface area contributed by atoms with E-state index >= 15 is 0 Å². The molecule has 45 valence electrons. The van der Waals surface area contributed by atoms with E-state index in [1.165, 1.54) is 7.11 Å². The Kier molecular flexibility index (Phi) is 2.92. The molecule has 0 heterocycles. The van der Waals surface area contributed by atoms with Gasteiger partial charge in [-0.2, -0.15) is 0 Å². The van der Waals surface area contributed by atoms with Crippen LogP contribution in [-0.2, 0) is 9.53 Å². The highest BCUT2D eigenvalue weighted by Crippen LogP contribution is 1.86. The van der Waals surface area contributed by atoms with Gasteiger partial charge in [-0.05, 0) is 13.8 Å². The predicted octanol–water partition coefficient (Wildman–Crippen LogP) is 0.929. The Morgan fingerprint density at radius 3 is 2.12 bits per heavy atom. The number of carbonyl (C=O) groups is 1. The van der Waals surface area contributed by atoms with Crippen LogP contribution in [0.4, 0.5) is 0 Å². The molecular formula is C6H9O2. The van der Waals surface area contributed by atoms with E-state index in [2.05, 4.69) is 10.8 Å². The Morgan fingerprint density at radius 1 is 1.50 bits per heavy atom. The normalized spacial score (nSPS) is 7.88. The first-order valence-corrected chi connectivity index (χ1v) is 2.32. The molecule has 0 aromatic carbocycles. The van der Waals surface area contributed by atoms with E-state index in [-0.39, 0.29) is 0 Å². The van der Waals surface area contributed by atoms with Crippen molar-refractivity contribution in [1.29, 1.82) is 0 Å². The maximum atomic E-state index is 10.3. The highest BCUT2D eigenvalue weighted by molar-refractivity contribution is 5.77. The van der Waals surface area contributed by atoms with Crippen LogP contribution in [0.2, 0.25) is 0 Å². The molecule has 0 aliphatic rings. The van der Waals surface area contributed by atoms with E-state index in [1.807, 2.05) is 0 Å². The topological polar surface area (TPSA) is 26.3 Å². The Morgan fingerprint density at radius 2 is 2.00 bits per heavy atom. The summed E-state index contributed by atoms with van der Waals surface area (Å²) in [5.74, 6) is -0.412. The minimum Gasteiger partial charge on any atom is -0.465 e. The van der Waals surface area contributed by atoms with E-state index in [4.69, 9.17) is 0 Å². The molecular weight excluding hydrogens is 104 g/mol. The van der Waals surface area contributed by atoms with Crippen molar-refractivity contribution >= 4 is 5.97 Å². The molecule has 0 amide bonds. The van der Waals surface area contributed by atoms with Crippen LogP contribution in [0.15, 0.2) is 5.57 Å². The van der Waals surface area contributed by atoms with Crippen LogP contribution in [0.25, 0.3) is 0 Å². The number of allylic oxidation sites excluding steroid dienone is 1. The average Bonchev–Trinajstić information content (AvgIpc) is 1.65. The highest BCUT2D eigenvalue weighted by Gasteiger charge is 1.90. The number of hydrogen-bond acceptors (Lipinski definition) is 2. The second kappa shape index (κ2) is 3.24. The monoisotopic (exact) mass is 113 g/mol. The van der Waals surface area contributed by atoms with E-state index in [0.717, 1.165) is 5.57 Å². The number of esters is 1. The van der Waals surface area contributed by atoms with Crippen molar-refractivity contribution in [1.82, 2.24) is 0 Å². The third kappa shape index (κ3) is 3.40. The molecule has 0 aromatic rings. The molecule has 0 aliphatic carbocycles. The van der Waals surface area contributed by atoms with E-state index in [0.29, 0.717) is 0 Å². The van der Waals surface area contributed by atoms with Crippen LogP contribution in [0.1, 0.15) is 13.8 Å². The van der Waals surface area contributed by atoms with Gasteiger partial charge in [-0.25, -0.2) is 4.79 Å². The Labute approximate surface area is 49.1 Å². The zero-order valence-electron chi connectivity index (χ0n) is 5.32. The second-order valence-electron chi connectivity index (χ2n) is 1.62. The fourth-order valence-electron chi connectivity index (χ4n) is 0.255. The fourth-order valence-corrected chi connectivity index (χ4v) is 0.255. The number of hydrogen-bond donors (Lipinski definition) is 0. The molecule has 0 rings (SSSR count). The maximum Gasteiger partial charge on any atom is 0.338 e. The average molecular weight is 113 g/mol. The van der Waals surface area contributed by atoms with Crippen LogP contribution < -0.4 is 0 Å². The summed E-state index contributed by atoms with van der Waals surface area (Å²) in [7, 11) is 1.33. The van der Waals surface area contributed by atoms with Gasteiger partial charge in [0.1, 0.15) is 0 Å². The summed E-state index contributed by atoms with van der Waals surface area (Å²) < 4.78 is 4.29. The van der Waals surface area contributed by atoms with Gasteiger partial charge in [0.25, 0.3) is 0 Å². The van der Waals surface area contributed by atoms with Crippen LogP contribution >= 0.6 is 0 Å². The summed E-state index contributed by atoms with van der Waals surface area (Å²) >= 11 is 0. The van der Waals surface area contributed by atoms with E-state index in [9.17, 15) is 4.79 Å². The zero-order chi connectivity index (χ0) is 6.57. The van der Waals surface area contributed by atoms with Gasteiger partial charge < -0.3 is 4.74 Å². The number of carbonyl (C=O) groups excluding carboxylic acids is 1. The third-order valence-electron chi connectivity index (χ3n) is 0.537. The Balaban J connectivity index is 3.70. The first kappa shape index (κ1) is 7.21. The first-order chi connectivity index (χ1) is 3.66. The van der Waals surface area contributed by atoms with Gasteiger partial charge in [0.15, 0.2) is 0 Å². The molecule has 0 saturated carbocycles. The summed E-state index contributed by atoms with van der Waals surface area (Å²) in [5.41, 5.74) is 0.830. The van der Waals surface area contributed by atoms with Gasteiger partial charge >= 0.3 is 5.97 Å². The molecule has 1 radical (unpaired) electrons. The molecule has 0 spiro atoms. The van der Waals surface area contributed by atoms with Gasteiger partial charge in [-0.1, -0.05) is 5.57 Å². The summed E-state index contributed by atoms with van der Waals surface area (Å²) in [6.07, 6.45) is 2.45. The van der Waals surface area contributed by atoms with Crippen LogP contribution in [-0.4, -0.2) is 13.1 Å². The molecule has 0 bridgehead atoms. The van der Waals surface area contributed by atoms with Gasteiger partial charge in [0, 0.05) is 0 Å². The predicted molar refractivity (Wildman–Crippen MR) is 30.1 cm³/mol. The van der Waals surface area contributed by atoms with Crippen molar-refractivity contribution in [3.8, 4) is 0 Å². The Hall–Kier alpha value is -0.790. The lowest BCUT2D eigenvalue weighted by atomic mass is 10.3. The minimum atomic E-state index is -0.412. The molecule has 0 saturated heterocycles. The largest absolute Gasteiger partial charge is 0.465 e. The van der Waals surface area contributed by atoms with Crippen molar-refractivity contribution in [3.63, 3.8) is 0 Å². The summed E-state index contributed by atoms with van der Waals surface area (Å²) in [5, 5.41) is 0.